The van der Waals surface area contributed by atoms with Gasteiger partial charge in [0, 0.05) is 17.5 Å². The average Bonchev–Trinajstić information content (AvgIpc) is 3.40. The van der Waals surface area contributed by atoms with Crippen LogP contribution in [-0.2, 0) is 32.1 Å². The minimum absolute atomic E-state index is 0.0306. The molecule has 0 radical (unpaired) electrons. The normalized spacial score (nSPS) is 18.2. The number of fused-ring (bicyclic) bond motifs is 1. The minimum atomic E-state index is -0.726. The number of aromatic nitrogens is 1. The lowest BCUT2D eigenvalue weighted by Gasteiger charge is -2.49. The molecule has 2 unspecified atom stereocenters. The molecule has 5 rings (SSSR count). The second-order valence-electron chi connectivity index (χ2n) is 9.09. The molecule has 1 fully saturated rings. The number of benzene rings is 2. The van der Waals surface area contributed by atoms with Gasteiger partial charge in [-0.25, -0.2) is 9.78 Å². The number of hydrogen-bond donors (Lipinski definition) is 1. The number of ether oxygens (including phenoxy) is 2. The van der Waals surface area contributed by atoms with Crippen molar-refractivity contribution in [1.29, 1.82) is 0 Å². The predicted molar refractivity (Wildman–Crippen MR) is 151 cm³/mol. The summed E-state index contributed by atoms with van der Waals surface area (Å²) in [6.45, 7) is 6.15. The van der Waals surface area contributed by atoms with Gasteiger partial charge in [0.1, 0.15) is 29.5 Å². The first-order chi connectivity index (χ1) is 18.9. The molecule has 2 aliphatic rings. The molecule has 3 aromatic rings. The Bertz CT molecular complexity index is 1450. The fourth-order valence-corrected chi connectivity index (χ4v) is 6.59. The number of thioether (sulfide) groups is 1. The van der Waals surface area contributed by atoms with Gasteiger partial charge < -0.3 is 14.8 Å². The number of hydrogen-bond acceptors (Lipinski definition) is 8. The number of thiazole rings is 1. The van der Waals surface area contributed by atoms with E-state index in [1.165, 1.54) is 28.0 Å². The summed E-state index contributed by atoms with van der Waals surface area (Å²) >= 11 is 2.95. The van der Waals surface area contributed by atoms with Crippen LogP contribution in [0.25, 0.3) is 5.57 Å². The summed E-state index contributed by atoms with van der Waals surface area (Å²) in [5.74, 6) is -0.0817. The highest BCUT2D eigenvalue weighted by Gasteiger charge is 2.54. The van der Waals surface area contributed by atoms with Crippen LogP contribution in [0.1, 0.15) is 21.0 Å². The number of β-lactam (4-membered cyclic amide) rings is 1. The maximum absolute atomic E-state index is 13.5. The molecule has 200 valence electrons. The van der Waals surface area contributed by atoms with Crippen LogP contribution in [-0.4, -0.2) is 51.9 Å². The van der Waals surface area contributed by atoms with Gasteiger partial charge in [-0.2, -0.15) is 0 Å². The molecule has 1 N–H and O–H groups in total. The first-order valence-electron chi connectivity index (χ1n) is 12.3. The van der Waals surface area contributed by atoms with Gasteiger partial charge in [-0.15, -0.1) is 23.1 Å². The van der Waals surface area contributed by atoms with Crippen molar-refractivity contribution in [2.75, 3.05) is 12.9 Å². The molecule has 10 heteroatoms. The Hall–Kier alpha value is -3.89. The summed E-state index contributed by atoms with van der Waals surface area (Å²) in [6, 6.07) is 15.8. The van der Waals surface area contributed by atoms with Crippen LogP contribution in [0.5, 0.6) is 5.75 Å². The molecule has 0 spiro atoms. The van der Waals surface area contributed by atoms with Crippen LogP contribution in [0.15, 0.2) is 78.6 Å². The highest BCUT2D eigenvalue weighted by Crippen LogP contribution is 2.44. The zero-order valence-corrected chi connectivity index (χ0v) is 23.1. The highest BCUT2D eigenvalue weighted by molar-refractivity contribution is 8.00. The van der Waals surface area contributed by atoms with E-state index in [9.17, 15) is 14.4 Å². The summed E-state index contributed by atoms with van der Waals surface area (Å²) in [5.41, 5.74) is 3.07. The third-order valence-corrected chi connectivity index (χ3v) is 8.75. The molecule has 1 saturated heterocycles. The van der Waals surface area contributed by atoms with Crippen LogP contribution in [0.2, 0.25) is 0 Å². The lowest BCUT2D eigenvalue weighted by Crippen LogP contribution is -2.70. The van der Waals surface area contributed by atoms with Crippen molar-refractivity contribution < 1.29 is 23.9 Å². The van der Waals surface area contributed by atoms with Crippen molar-refractivity contribution in [3.63, 3.8) is 0 Å². The number of nitrogens with zero attached hydrogens (tertiary/aromatic N) is 2. The van der Waals surface area contributed by atoms with Crippen LogP contribution >= 0.6 is 23.1 Å². The zero-order chi connectivity index (χ0) is 27.5. The minimum Gasteiger partial charge on any atom is -0.497 e. The van der Waals surface area contributed by atoms with Gasteiger partial charge in [0.25, 0.3) is 5.91 Å². The zero-order valence-electron chi connectivity index (χ0n) is 21.5. The quantitative estimate of drug-likeness (QED) is 0.310. The monoisotopic (exact) mass is 561 g/mol. The molecule has 3 heterocycles. The molecular weight excluding hydrogens is 534 g/mol. The Kier molecular flexibility index (Phi) is 7.85. The predicted octanol–water partition coefficient (Wildman–Crippen LogP) is 4.11. The first kappa shape index (κ1) is 26.7. The van der Waals surface area contributed by atoms with Gasteiger partial charge >= 0.3 is 5.97 Å². The van der Waals surface area contributed by atoms with E-state index in [-0.39, 0.29) is 30.5 Å². The van der Waals surface area contributed by atoms with Crippen molar-refractivity contribution in [2.45, 2.75) is 31.4 Å². The molecule has 8 nitrogen and oxygen atoms in total. The van der Waals surface area contributed by atoms with Crippen LogP contribution in [0.3, 0.4) is 0 Å². The number of nitrogens with one attached hydrogen (secondary N) is 1. The van der Waals surface area contributed by atoms with Crippen molar-refractivity contribution in [3.8, 4) is 5.75 Å². The van der Waals surface area contributed by atoms with Crippen molar-refractivity contribution in [2.24, 2.45) is 0 Å². The topological polar surface area (TPSA) is 97.8 Å². The fraction of sp³-hybridized carbons (Fsp3) is 0.241. The molecular formula is C29H27N3O5S2. The van der Waals surface area contributed by atoms with Gasteiger partial charge in [-0.3, -0.25) is 14.5 Å². The van der Waals surface area contributed by atoms with Gasteiger partial charge in [-0.1, -0.05) is 49.0 Å². The molecule has 2 amide bonds. The second kappa shape index (κ2) is 11.5. The van der Waals surface area contributed by atoms with E-state index in [4.69, 9.17) is 9.47 Å². The number of methoxy groups -OCH3 is 1. The van der Waals surface area contributed by atoms with Crippen LogP contribution in [0, 0.1) is 6.92 Å². The highest BCUT2D eigenvalue weighted by atomic mass is 32.2. The average molecular weight is 562 g/mol. The van der Waals surface area contributed by atoms with E-state index >= 15 is 0 Å². The summed E-state index contributed by atoms with van der Waals surface area (Å²) in [7, 11) is 1.58. The number of esters is 1. The number of aryl methyl sites for hydroxylation is 1. The number of rotatable bonds is 9. The Balaban J connectivity index is 1.36. The molecule has 2 atom stereocenters. The Morgan fingerprint density at radius 2 is 1.87 bits per heavy atom. The molecule has 0 bridgehead atoms. The number of amides is 2. The molecule has 0 saturated carbocycles. The molecule has 2 aliphatic heterocycles. The Morgan fingerprint density at radius 1 is 1.13 bits per heavy atom. The smallest absolute Gasteiger partial charge is 0.355 e. The lowest BCUT2D eigenvalue weighted by molar-refractivity contribution is -0.153. The summed E-state index contributed by atoms with van der Waals surface area (Å²) in [4.78, 5) is 46.1. The van der Waals surface area contributed by atoms with Gasteiger partial charge in [0.05, 0.1) is 23.4 Å². The van der Waals surface area contributed by atoms with Gasteiger partial charge in [-0.05, 0) is 35.8 Å². The Labute approximate surface area is 234 Å². The van der Waals surface area contributed by atoms with E-state index < -0.39 is 17.4 Å². The molecule has 2 aromatic carbocycles. The van der Waals surface area contributed by atoms with E-state index in [2.05, 4.69) is 16.9 Å². The number of allylic oxidation sites excluding steroid dienone is 1. The van der Waals surface area contributed by atoms with E-state index in [0.717, 1.165) is 21.0 Å². The van der Waals surface area contributed by atoms with Crippen LogP contribution < -0.4 is 10.1 Å². The third-order valence-electron chi connectivity index (χ3n) is 6.50. The third kappa shape index (κ3) is 5.62. The number of carbonyl (C=O) groups is 3. The van der Waals surface area contributed by atoms with Gasteiger partial charge in [0.15, 0.2) is 0 Å². The SMILES string of the molecule is C=C(C1=C(C(=O)OCc2ccc(OC)cc2)N2C(=O)C(NC(=O)Cc3ccccc3)C2SC1)c1cnc(C)s1. The second-order valence-corrected chi connectivity index (χ2v) is 11.4. The Morgan fingerprint density at radius 3 is 2.54 bits per heavy atom. The molecule has 0 aliphatic carbocycles. The van der Waals surface area contributed by atoms with Crippen molar-refractivity contribution in [1.82, 2.24) is 15.2 Å². The van der Waals surface area contributed by atoms with E-state index in [1.807, 2.05) is 49.4 Å². The maximum atomic E-state index is 13.5. The summed E-state index contributed by atoms with van der Waals surface area (Å²) < 4.78 is 10.9. The summed E-state index contributed by atoms with van der Waals surface area (Å²) in [6.07, 6.45) is 1.89. The summed E-state index contributed by atoms with van der Waals surface area (Å²) in [5, 5.41) is 3.31. The van der Waals surface area contributed by atoms with E-state index in [1.54, 1.807) is 25.4 Å². The van der Waals surface area contributed by atoms with Crippen molar-refractivity contribution in [3.05, 3.63) is 99.7 Å². The fourth-order valence-electron chi connectivity index (χ4n) is 4.43. The largest absolute Gasteiger partial charge is 0.497 e. The maximum Gasteiger partial charge on any atom is 0.355 e. The standard InChI is InChI=1S/C29H27N3O5S2/c1-17(23-14-30-18(2)39-23)22-16-38-28-25(31-24(33)13-19-7-5-4-6-8-19)27(34)32(28)26(22)29(35)37-15-20-9-11-21(36-3)12-10-20/h4-12,14,25,28H,1,13,15-16H2,2-3H3,(H,31,33). The first-order valence-corrected chi connectivity index (χ1v) is 14.2. The lowest BCUT2D eigenvalue weighted by atomic mass is 9.98. The van der Waals surface area contributed by atoms with Crippen molar-refractivity contribution >= 4 is 46.5 Å². The van der Waals surface area contributed by atoms with Crippen LogP contribution in [0.4, 0.5) is 0 Å². The molecule has 1 aromatic heterocycles. The van der Waals surface area contributed by atoms with Gasteiger partial charge in [0.2, 0.25) is 5.91 Å². The molecule has 39 heavy (non-hydrogen) atoms. The number of carbonyl (C=O) groups excluding carboxylic acids is 3. The van der Waals surface area contributed by atoms with E-state index in [0.29, 0.717) is 22.6 Å².